The smallest absolute Gasteiger partial charge is 0.142 e. The standard InChI is InChI=1S/C12H16N4O/c1-12(2,17)8-5-16(6-8)11-9-3-4-13-10(9)14-7-15-11/h3-4,7-8,17H,5-6H2,1-2H3,(H,13,14,15). The molecule has 17 heavy (non-hydrogen) atoms. The average molecular weight is 232 g/mol. The van der Waals surface area contributed by atoms with Crippen LogP contribution in [-0.4, -0.2) is 38.7 Å². The van der Waals surface area contributed by atoms with Crippen molar-refractivity contribution in [2.75, 3.05) is 18.0 Å². The van der Waals surface area contributed by atoms with Gasteiger partial charge in [0.05, 0.1) is 11.0 Å². The highest BCUT2D eigenvalue weighted by Crippen LogP contribution is 2.33. The fraction of sp³-hybridized carbons (Fsp3) is 0.500. The average Bonchev–Trinajstić information content (AvgIpc) is 2.61. The van der Waals surface area contributed by atoms with Gasteiger partial charge in [0.2, 0.25) is 0 Å². The summed E-state index contributed by atoms with van der Waals surface area (Å²) in [6.45, 7) is 5.42. The van der Waals surface area contributed by atoms with Crippen molar-refractivity contribution in [3.8, 4) is 0 Å². The van der Waals surface area contributed by atoms with Crippen molar-refractivity contribution in [1.82, 2.24) is 15.0 Å². The largest absolute Gasteiger partial charge is 0.390 e. The topological polar surface area (TPSA) is 65.0 Å². The second kappa shape index (κ2) is 3.43. The summed E-state index contributed by atoms with van der Waals surface area (Å²) >= 11 is 0. The lowest BCUT2D eigenvalue weighted by molar-refractivity contribution is 0.00446. The molecule has 3 rings (SSSR count). The van der Waals surface area contributed by atoms with Crippen LogP contribution in [0, 0.1) is 5.92 Å². The van der Waals surface area contributed by atoms with Crippen LogP contribution in [0.15, 0.2) is 18.6 Å². The maximum atomic E-state index is 9.91. The molecule has 1 aliphatic heterocycles. The molecule has 0 atom stereocenters. The molecule has 0 unspecified atom stereocenters. The quantitative estimate of drug-likeness (QED) is 0.815. The molecule has 5 heteroatoms. The van der Waals surface area contributed by atoms with E-state index in [1.54, 1.807) is 6.33 Å². The molecule has 0 spiro atoms. The van der Waals surface area contributed by atoms with Crippen molar-refractivity contribution in [3.05, 3.63) is 18.6 Å². The number of fused-ring (bicyclic) bond motifs is 1. The van der Waals surface area contributed by atoms with E-state index in [1.807, 2.05) is 26.1 Å². The molecule has 1 fully saturated rings. The number of rotatable bonds is 2. The summed E-state index contributed by atoms with van der Waals surface area (Å²) in [5.41, 5.74) is 0.252. The number of hydrogen-bond acceptors (Lipinski definition) is 4. The maximum Gasteiger partial charge on any atom is 0.142 e. The highest BCUT2D eigenvalue weighted by Gasteiger charge is 2.38. The van der Waals surface area contributed by atoms with Gasteiger partial charge >= 0.3 is 0 Å². The predicted molar refractivity (Wildman–Crippen MR) is 65.9 cm³/mol. The summed E-state index contributed by atoms with van der Waals surface area (Å²) in [5, 5.41) is 11.0. The van der Waals surface area contributed by atoms with E-state index in [0.29, 0.717) is 5.92 Å². The number of nitrogens with one attached hydrogen (secondary N) is 1. The number of aromatic nitrogens is 3. The van der Waals surface area contributed by atoms with Gasteiger partial charge in [0, 0.05) is 25.2 Å². The zero-order valence-corrected chi connectivity index (χ0v) is 10.0. The number of H-pyrrole nitrogens is 1. The van der Waals surface area contributed by atoms with Gasteiger partial charge in [0.1, 0.15) is 17.8 Å². The first-order chi connectivity index (χ1) is 8.05. The van der Waals surface area contributed by atoms with Gasteiger partial charge in [0.25, 0.3) is 0 Å². The lowest BCUT2D eigenvalue weighted by atomic mass is 9.84. The fourth-order valence-electron chi connectivity index (χ4n) is 2.21. The summed E-state index contributed by atoms with van der Waals surface area (Å²) in [5.74, 6) is 1.27. The third-order valence-corrected chi connectivity index (χ3v) is 3.51. The van der Waals surface area contributed by atoms with Crippen molar-refractivity contribution in [1.29, 1.82) is 0 Å². The molecule has 0 saturated carbocycles. The van der Waals surface area contributed by atoms with E-state index in [0.717, 1.165) is 29.9 Å². The van der Waals surface area contributed by atoms with Gasteiger partial charge in [-0.05, 0) is 19.9 Å². The van der Waals surface area contributed by atoms with Crippen LogP contribution in [0.5, 0.6) is 0 Å². The van der Waals surface area contributed by atoms with Crippen molar-refractivity contribution >= 4 is 16.9 Å². The Morgan fingerprint density at radius 1 is 1.41 bits per heavy atom. The Bertz CT molecular complexity index is 537. The second-order valence-electron chi connectivity index (χ2n) is 5.19. The summed E-state index contributed by atoms with van der Waals surface area (Å²) in [6.07, 6.45) is 3.45. The molecule has 90 valence electrons. The van der Waals surface area contributed by atoms with Gasteiger partial charge in [-0.25, -0.2) is 9.97 Å². The minimum atomic E-state index is -0.610. The predicted octanol–water partition coefficient (Wildman–Crippen LogP) is 1.17. The van der Waals surface area contributed by atoms with Gasteiger partial charge < -0.3 is 15.0 Å². The summed E-state index contributed by atoms with van der Waals surface area (Å²) in [6, 6.07) is 1.99. The first kappa shape index (κ1) is 10.5. The molecule has 1 saturated heterocycles. The Morgan fingerprint density at radius 3 is 2.88 bits per heavy atom. The summed E-state index contributed by atoms with van der Waals surface area (Å²) in [4.78, 5) is 13.8. The van der Waals surface area contributed by atoms with E-state index in [2.05, 4.69) is 19.9 Å². The fourth-order valence-corrected chi connectivity index (χ4v) is 2.21. The van der Waals surface area contributed by atoms with Crippen LogP contribution in [0.2, 0.25) is 0 Å². The Kier molecular flexibility index (Phi) is 2.13. The molecule has 2 aromatic rings. The molecule has 0 radical (unpaired) electrons. The van der Waals surface area contributed by atoms with Crippen molar-refractivity contribution in [2.45, 2.75) is 19.4 Å². The third-order valence-electron chi connectivity index (χ3n) is 3.51. The molecule has 3 heterocycles. The van der Waals surface area contributed by atoms with Crippen molar-refractivity contribution in [3.63, 3.8) is 0 Å². The van der Waals surface area contributed by atoms with Crippen LogP contribution in [0.4, 0.5) is 5.82 Å². The number of aromatic amines is 1. The number of hydrogen-bond donors (Lipinski definition) is 2. The Morgan fingerprint density at radius 2 is 2.18 bits per heavy atom. The SMILES string of the molecule is CC(C)(O)C1CN(c2ncnc3[nH]ccc23)C1. The Balaban J connectivity index is 1.85. The first-order valence-corrected chi connectivity index (χ1v) is 5.81. The maximum absolute atomic E-state index is 9.91. The molecule has 0 bridgehead atoms. The summed E-state index contributed by atoms with van der Waals surface area (Å²) < 4.78 is 0. The van der Waals surface area contributed by atoms with E-state index in [4.69, 9.17) is 0 Å². The monoisotopic (exact) mass is 232 g/mol. The lowest BCUT2D eigenvalue weighted by Gasteiger charge is -2.45. The van der Waals surface area contributed by atoms with Gasteiger partial charge in [-0.2, -0.15) is 0 Å². The number of aliphatic hydroxyl groups is 1. The van der Waals surface area contributed by atoms with Crippen LogP contribution in [0.1, 0.15) is 13.8 Å². The molecule has 0 aromatic carbocycles. The van der Waals surface area contributed by atoms with Crippen LogP contribution in [0.25, 0.3) is 11.0 Å². The van der Waals surface area contributed by atoms with E-state index in [9.17, 15) is 5.11 Å². The molecule has 2 N–H and O–H groups in total. The van der Waals surface area contributed by atoms with E-state index >= 15 is 0 Å². The third kappa shape index (κ3) is 1.67. The van der Waals surface area contributed by atoms with Crippen LogP contribution in [0.3, 0.4) is 0 Å². The minimum Gasteiger partial charge on any atom is -0.390 e. The van der Waals surface area contributed by atoms with Gasteiger partial charge in [-0.1, -0.05) is 0 Å². The normalized spacial score (nSPS) is 17.5. The molecular weight excluding hydrogens is 216 g/mol. The Labute approximate surface area is 99.5 Å². The zero-order chi connectivity index (χ0) is 12.0. The molecule has 0 aliphatic carbocycles. The van der Waals surface area contributed by atoms with Crippen molar-refractivity contribution < 1.29 is 5.11 Å². The lowest BCUT2D eigenvalue weighted by Crippen LogP contribution is -2.56. The summed E-state index contributed by atoms with van der Waals surface area (Å²) in [7, 11) is 0. The van der Waals surface area contributed by atoms with E-state index in [1.165, 1.54) is 0 Å². The molecule has 5 nitrogen and oxygen atoms in total. The molecule has 2 aromatic heterocycles. The van der Waals surface area contributed by atoms with Crippen LogP contribution in [-0.2, 0) is 0 Å². The second-order valence-corrected chi connectivity index (χ2v) is 5.19. The molecule has 1 aliphatic rings. The first-order valence-electron chi connectivity index (χ1n) is 5.81. The Hall–Kier alpha value is -1.62. The van der Waals surface area contributed by atoms with Crippen LogP contribution >= 0.6 is 0 Å². The highest BCUT2D eigenvalue weighted by atomic mass is 16.3. The van der Waals surface area contributed by atoms with Crippen molar-refractivity contribution in [2.24, 2.45) is 5.92 Å². The van der Waals surface area contributed by atoms with E-state index in [-0.39, 0.29) is 0 Å². The van der Waals surface area contributed by atoms with E-state index < -0.39 is 5.60 Å². The van der Waals surface area contributed by atoms with Gasteiger partial charge in [0.15, 0.2) is 0 Å². The number of nitrogens with zero attached hydrogens (tertiary/aromatic N) is 3. The minimum absolute atomic E-state index is 0.312. The highest BCUT2D eigenvalue weighted by molar-refractivity contribution is 5.87. The zero-order valence-electron chi connectivity index (χ0n) is 10.0. The van der Waals surface area contributed by atoms with Gasteiger partial charge in [-0.15, -0.1) is 0 Å². The van der Waals surface area contributed by atoms with Crippen LogP contribution < -0.4 is 4.90 Å². The van der Waals surface area contributed by atoms with Gasteiger partial charge in [-0.3, -0.25) is 0 Å². The number of anilines is 1. The molecular formula is C12H16N4O. The molecule has 0 amide bonds.